The molecule has 0 aliphatic heterocycles. The molecule has 94 valence electrons. The van der Waals surface area contributed by atoms with Gasteiger partial charge in [0.2, 0.25) is 0 Å². The van der Waals surface area contributed by atoms with Gasteiger partial charge in [0.1, 0.15) is 0 Å². The average Bonchev–Trinajstić information content (AvgIpc) is 3.05. The summed E-state index contributed by atoms with van der Waals surface area (Å²) in [7, 11) is 0. The first kappa shape index (κ1) is 10.9. The van der Waals surface area contributed by atoms with Crippen LogP contribution in [-0.2, 0) is 9.59 Å². The number of rotatable bonds is 1. The van der Waals surface area contributed by atoms with Crippen molar-refractivity contribution in [3.63, 3.8) is 0 Å². The highest BCUT2D eigenvalue weighted by Crippen LogP contribution is 2.52. The third-order valence-electron chi connectivity index (χ3n) is 4.73. The summed E-state index contributed by atoms with van der Waals surface area (Å²) in [6, 6.07) is 9.53. The van der Waals surface area contributed by atoms with Crippen molar-refractivity contribution < 1.29 is 9.59 Å². The minimum absolute atomic E-state index is 0.0880. The molecule has 4 atom stereocenters. The Morgan fingerprint density at radius 1 is 0.895 bits per heavy atom. The largest absolute Gasteiger partial charge is 0.294 e. The highest BCUT2D eigenvalue weighted by atomic mass is 16.1. The minimum Gasteiger partial charge on any atom is -0.294 e. The second-order valence-corrected chi connectivity index (χ2v) is 5.69. The molecule has 2 nitrogen and oxygen atoms in total. The molecule has 0 amide bonds. The van der Waals surface area contributed by atoms with E-state index >= 15 is 0 Å². The lowest BCUT2D eigenvalue weighted by Gasteiger charge is -2.29. The van der Waals surface area contributed by atoms with Gasteiger partial charge in [-0.2, -0.15) is 0 Å². The van der Waals surface area contributed by atoms with Crippen LogP contribution in [0.1, 0.15) is 12.0 Å². The Labute approximate surface area is 111 Å². The topological polar surface area (TPSA) is 34.1 Å². The molecule has 19 heavy (non-hydrogen) atoms. The molecule has 1 aromatic rings. The van der Waals surface area contributed by atoms with Crippen LogP contribution in [0, 0.1) is 23.7 Å². The van der Waals surface area contributed by atoms with E-state index in [1.54, 1.807) is 6.08 Å². The van der Waals surface area contributed by atoms with Gasteiger partial charge in [0.25, 0.3) is 0 Å². The van der Waals surface area contributed by atoms with Crippen molar-refractivity contribution in [3.8, 4) is 0 Å². The lowest BCUT2D eigenvalue weighted by Crippen LogP contribution is -2.36. The highest BCUT2D eigenvalue weighted by Gasteiger charge is 2.53. The number of ketones is 2. The van der Waals surface area contributed by atoms with E-state index in [0.29, 0.717) is 11.5 Å². The number of carbonyl (C=O) groups excluding carboxylic acids is 2. The fourth-order valence-corrected chi connectivity index (χ4v) is 3.90. The SMILES string of the molecule is O=C1C(c2ccccc2)=CC(=O)[C@H]2[C@@H]1[C@H]1C=C[C@@H]2C1. The average molecular weight is 250 g/mol. The van der Waals surface area contributed by atoms with Gasteiger partial charge in [-0.15, -0.1) is 0 Å². The van der Waals surface area contributed by atoms with Crippen LogP contribution in [0.3, 0.4) is 0 Å². The molecule has 0 aromatic heterocycles. The van der Waals surface area contributed by atoms with Crippen molar-refractivity contribution in [3.05, 3.63) is 54.1 Å². The van der Waals surface area contributed by atoms with Crippen molar-refractivity contribution >= 4 is 17.1 Å². The van der Waals surface area contributed by atoms with Crippen molar-refractivity contribution in [2.24, 2.45) is 23.7 Å². The van der Waals surface area contributed by atoms with Gasteiger partial charge in [0.15, 0.2) is 11.6 Å². The first-order valence-electron chi connectivity index (χ1n) is 6.79. The normalized spacial score (nSPS) is 35.5. The molecule has 1 saturated carbocycles. The molecule has 1 aromatic carbocycles. The van der Waals surface area contributed by atoms with E-state index in [9.17, 15) is 9.59 Å². The van der Waals surface area contributed by atoms with Gasteiger partial charge >= 0.3 is 0 Å². The van der Waals surface area contributed by atoms with E-state index in [0.717, 1.165) is 12.0 Å². The summed E-state index contributed by atoms with van der Waals surface area (Å²) in [5, 5.41) is 0. The summed E-state index contributed by atoms with van der Waals surface area (Å²) in [6.07, 6.45) is 6.80. The van der Waals surface area contributed by atoms with Gasteiger partial charge in [-0.3, -0.25) is 9.59 Å². The third-order valence-corrected chi connectivity index (χ3v) is 4.73. The maximum absolute atomic E-state index is 12.7. The minimum atomic E-state index is -0.109. The van der Waals surface area contributed by atoms with E-state index in [2.05, 4.69) is 12.2 Å². The maximum atomic E-state index is 12.7. The van der Waals surface area contributed by atoms with Gasteiger partial charge < -0.3 is 0 Å². The molecule has 3 aliphatic carbocycles. The van der Waals surface area contributed by atoms with Crippen molar-refractivity contribution in [1.82, 2.24) is 0 Å². The number of allylic oxidation sites excluding steroid dienone is 4. The van der Waals surface area contributed by atoms with Crippen LogP contribution in [0.25, 0.3) is 5.57 Å². The zero-order chi connectivity index (χ0) is 13.0. The Morgan fingerprint density at radius 2 is 1.58 bits per heavy atom. The predicted molar refractivity (Wildman–Crippen MR) is 72.2 cm³/mol. The predicted octanol–water partition coefficient (Wildman–Crippen LogP) is 2.66. The van der Waals surface area contributed by atoms with Crippen molar-refractivity contribution in [2.45, 2.75) is 6.42 Å². The third kappa shape index (κ3) is 1.43. The molecule has 0 spiro atoms. The molecule has 0 unspecified atom stereocenters. The number of carbonyl (C=O) groups is 2. The van der Waals surface area contributed by atoms with Gasteiger partial charge in [-0.25, -0.2) is 0 Å². The summed E-state index contributed by atoms with van der Waals surface area (Å²) in [6.45, 7) is 0. The van der Waals surface area contributed by atoms with Crippen LogP contribution in [0.5, 0.6) is 0 Å². The molecule has 3 aliphatic rings. The Hall–Kier alpha value is -1.96. The molecule has 0 saturated heterocycles. The number of Topliss-reactive ketones (excluding diaryl/α,β-unsaturated/α-hetero) is 1. The van der Waals surface area contributed by atoms with E-state index in [-0.39, 0.29) is 29.3 Å². The molecule has 4 rings (SSSR count). The second kappa shape index (κ2) is 3.77. The summed E-state index contributed by atoms with van der Waals surface area (Å²) in [5.74, 6) is 0.671. The van der Waals surface area contributed by atoms with Gasteiger partial charge in [0.05, 0.1) is 0 Å². The van der Waals surface area contributed by atoms with Crippen LogP contribution in [0.4, 0.5) is 0 Å². The summed E-state index contributed by atoms with van der Waals surface area (Å²) in [4.78, 5) is 25.0. The fraction of sp³-hybridized carbons (Fsp3) is 0.294. The molecule has 0 radical (unpaired) electrons. The zero-order valence-electron chi connectivity index (χ0n) is 10.5. The molecule has 1 fully saturated rings. The number of benzene rings is 1. The van der Waals surface area contributed by atoms with Gasteiger partial charge in [-0.05, 0) is 29.9 Å². The lowest BCUT2D eigenvalue weighted by molar-refractivity contribution is -0.128. The molecule has 2 bridgehead atoms. The molecule has 2 heteroatoms. The molecule has 0 heterocycles. The summed E-state index contributed by atoms with van der Waals surface area (Å²) >= 11 is 0. The Morgan fingerprint density at radius 3 is 2.32 bits per heavy atom. The first-order valence-corrected chi connectivity index (χ1v) is 6.79. The quantitative estimate of drug-likeness (QED) is 0.718. The Kier molecular flexibility index (Phi) is 2.16. The van der Waals surface area contributed by atoms with Crippen LogP contribution in [0.15, 0.2) is 48.6 Å². The zero-order valence-corrected chi connectivity index (χ0v) is 10.5. The van der Waals surface area contributed by atoms with Gasteiger partial charge in [0, 0.05) is 17.4 Å². The van der Waals surface area contributed by atoms with Crippen LogP contribution < -0.4 is 0 Å². The number of hydrogen-bond donors (Lipinski definition) is 0. The number of hydrogen-bond acceptors (Lipinski definition) is 2. The van der Waals surface area contributed by atoms with Crippen LogP contribution in [-0.4, -0.2) is 11.6 Å². The van der Waals surface area contributed by atoms with Crippen LogP contribution in [0.2, 0.25) is 0 Å². The van der Waals surface area contributed by atoms with Crippen molar-refractivity contribution in [2.75, 3.05) is 0 Å². The first-order chi connectivity index (χ1) is 9.25. The van der Waals surface area contributed by atoms with E-state index in [4.69, 9.17) is 0 Å². The van der Waals surface area contributed by atoms with E-state index in [1.165, 1.54) is 0 Å². The van der Waals surface area contributed by atoms with Crippen molar-refractivity contribution in [1.29, 1.82) is 0 Å². The molecular formula is C17H14O2. The Balaban J connectivity index is 1.80. The monoisotopic (exact) mass is 250 g/mol. The summed E-state index contributed by atoms with van der Waals surface area (Å²) in [5.41, 5.74) is 1.47. The standard InChI is InChI=1S/C17H14O2/c18-14-9-13(10-4-2-1-3-5-10)17(19)16-12-7-6-11(8-12)15(14)16/h1-7,9,11-12,15-16H,8H2/t11-,12+,15+,16+/m1/s1. The van der Waals surface area contributed by atoms with E-state index in [1.807, 2.05) is 30.3 Å². The maximum Gasteiger partial charge on any atom is 0.168 e. The Bertz CT molecular complexity index is 624. The lowest BCUT2D eigenvalue weighted by atomic mass is 9.71. The summed E-state index contributed by atoms with van der Waals surface area (Å²) < 4.78 is 0. The number of fused-ring (bicyclic) bond motifs is 5. The van der Waals surface area contributed by atoms with E-state index < -0.39 is 0 Å². The second-order valence-electron chi connectivity index (χ2n) is 5.69. The van der Waals surface area contributed by atoms with Gasteiger partial charge in [-0.1, -0.05) is 42.5 Å². The fourth-order valence-electron chi connectivity index (χ4n) is 3.90. The smallest absolute Gasteiger partial charge is 0.168 e. The van der Waals surface area contributed by atoms with Crippen LogP contribution >= 0.6 is 0 Å². The highest BCUT2D eigenvalue weighted by molar-refractivity contribution is 6.29. The molecular weight excluding hydrogens is 236 g/mol. The molecule has 0 N–H and O–H groups in total.